The molecule has 0 aromatic carbocycles. The highest BCUT2D eigenvalue weighted by Gasteiger charge is 2.41. The van der Waals surface area contributed by atoms with Gasteiger partial charge in [0.1, 0.15) is 0 Å². The predicted octanol–water partition coefficient (Wildman–Crippen LogP) is 2.34. The van der Waals surface area contributed by atoms with Crippen LogP contribution in [0.25, 0.3) is 0 Å². The SMILES string of the molecule is Cl.NC1(C(=O)N2CCC(C(=O)NCCc3cccs3)CC2)CCCC1. The number of nitrogens with zero attached hydrogens (tertiary/aromatic N) is 1. The van der Waals surface area contributed by atoms with E-state index in [9.17, 15) is 9.59 Å². The summed E-state index contributed by atoms with van der Waals surface area (Å²) in [5, 5.41) is 5.09. The zero-order valence-corrected chi connectivity index (χ0v) is 16.2. The lowest BCUT2D eigenvalue weighted by Gasteiger charge is -2.36. The van der Waals surface area contributed by atoms with E-state index in [4.69, 9.17) is 5.73 Å². The number of hydrogen-bond donors (Lipinski definition) is 2. The van der Waals surface area contributed by atoms with Crippen molar-refractivity contribution in [3.05, 3.63) is 22.4 Å². The molecule has 3 N–H and O–H groups in total. The molecule has 1 aromatic rings. The first-order valence-corrected chi connectivity index (χ1v) is 9.85. The Hall–Kier alpha value is -1.11. The van der Waals surface area contributed by atoms with E-state index in [2.05, 4.69) is 16.8 Å². The maximum Gasteiger partial charge on any atom is 0.242 e. The average molecular weight is 386 g/mol. The van der Waals surface area contributed by atoms with Gasteiger partial charge in [0, 0.05) is 30.4 Å². The third kappa shape index (κ3) is 4.96. The van der Waals surface area contributed by atoms with Crippen LogP contribution in [-0.4, -0.2) is 41.9 Å². The van der Waals surface area contributed by atoms with Crippen LogP contribution in [0.4, 0.5) is 0 Å². The van der Waals surface area contributed by atoms with Crippen LogP contribution in [0.2, 0.25) is 0 Å². The molecule has 2 aliphatic rings. The van der Waals surface area contributed by atoms with Crippen LogP contribution in [0.1, 0.15) is 43.4 Å². The minimum absolute atomic E-state index is 0. The van der Waals surface area contributed by atoms with E-state index in [1.165, 1.54) is 4.88 Å². The monoisotopic (exact) mass is 385 g/mol. The second-order valence-electron chi connectivity index (χ2n) is 7.05. The van der Waals surface area contributed by atoms with Crippen molar-refractivity contribution in [1.82, 2.24) is 10.2 Å². The molecule has 5 nitrogen and oxygen atoms in total. The van der Waals surface area contributed by atoms with Gasteiger partial charge in [-0.1, -0.05) is 18.9 Å². The minimum atomic E-state index is -0.643. The molecule has 0 bridgehead atoms. The number of thiophene rings is 1. The predicted molar refractivity (Wildman–Crippen MR) is 103 cm³/mol. The summed E-state index contributed by atoms with van der Waals surface area (Å²) in [5.41, 5.74) is 5.63. The van der Waals surface area contributed by atoms with Crippen molar-refractivity contribution in [1.29, 1.82) is 0 Å². The smallest absolute Gasteiger partial charge is 0.242 e. The molecule has 7 heteroatoms. The van der Waals surface area contributed by atoms with Gasteiger partial charge in [0.2, 0.25) is 11.8 Å². The summed E-state index contributed by atoms with van der Waals surface area (Å²) < 4.78 is 0. The number of piperidine rings is 1. The molecule has 25 heavy (non-hydrogen) atoms. The fourth-order valence-corrected chi connectivity index (χ4v) is 4.50. The maximum atomic E-state index is 12.6. The van der Waals surface area contributed by atoms with Crippen LogP contribution < -0.4 is 11.1 Å². The first-order valence-electron chi connectivity index (χ1n) is 8.97. The number of nitrogens with two attached hydrogens (primary N) is 1. The third-order valence-corrected chi connectivity index (χ3v) is 6.26. The van der Waals surface area contributed by atoms with Crippen LogP contribution in [0.3, 0.4) is 0 Å². The summed E-state index contributed by atoms with van der Waals surface area (Å²) >= 11 is 1.72. The molecule has 140 valence electrons. The number of carbonyl (C=O) groups is 2. The zero-order valence-electron chi connectivity index (χ0n) is 14.5. The lowest BCUT2D eigenvalue weighted by atomic mass is 9.92. The van der Waals surface area contributed by atoms with E-state index in [0.29, 0.717) is 19.6 Å². The van der Waals surface area contributed by atoms with Crippen LogP contribution in [0.5, 0.6) is 0 Å². The van der Waals surface area contributed by atoms with E-state index < -0.39 is 5.54 Å². The fourth-order valence-electron chi connectivity index (χ4n) is 3.79. The zero-order chi connectivity index (χ0) is 17.0. The molecule has 1 aliphatic carbocycles. The summed E-state index contributed by atoms with van der Waals surface area (Å²) in [5.74, 6) is 0.244. The first kappa shape index (κ1) is 20.2. The molecular weight excluding hydrogens is 358 g/mol. The highest BCUT2D eigenvalue weighted by molar-refractivity contribution is 7.09. The first-order chi connectivity index (χ1) is 11.6. The molecule has 1 aliphatic heterocycles. The highest BCUT2D eigenvalue weighted by Crippen LogP contribution is 2.30. The van der Waals surface area contributed by atoms with E-state index in [-0.39, 0.29) is 30.1 Å². The van der Waals surface area contributed by atoms with Crippen LogP contribution in [0, 0.1) is 5.92 Å². The molecule has 1 saturated heterocycles. The number of nitrogens with one attached hydrogen (secondary N) is 1. The lowest BCUT2D eigenvalue weighted by Crippen LogP contribution is -2.55. The van der Waals surface area contributed by atoms with E-state index >= 15 is 0 Å². The highest BCUT2D eigenvalue weighted by atomic mass is 35.5. The van der Waals surface area contributed by atoms with Crippen molar-refractivity contribution in [2.45, 2.75) is 50.5 Å². The van der Waals surface area contributed by atoms with Crippen molar-refractivity contribution < 1.29 is 9.59 Å². The second kappa shape index (κ2) is 9.01. The van der Waals surface area contributed by atoms with Crippen molar-refractivity contribution in [2.24, 2.45) is 11.7 Å². The van der Waals surface area contributed by atoms with Crippen LogP contribution in [-0.2, 0) is 16.0 Å². The molecule has 0 spiro atoms. The molecule has 1 saturated carbocycles. The van der Waals surface area contributed by atoms with Crippen LogP contribution in [0.15, 0.2) is 17.5 Å². The average Bonchev–Trinajstić information content (AvgIpc) is 3.27. The Bertz CT molecular complexity index is 565. The van der Waals surface area contributed by atoms with E-state index in [0.717, 1.165) is 44.9 Å². The van der Waals surface area contributed by atoms with Gasteiger partial charge in [0.25, 0.3) is 0 Å². The molecular formula is C18H28ClN3O2S. The Morgan fingerprint density at radius 3 is 2.56 bits per heavy atom. The van der Waals surface area contributed by atoms with Crippen molar-refractivity contribution in [2.75, 3.05) is 19.6 Å². The summed E-state index contributed by atoms with van der Waals surface area (Å²) in [6, 6.07) is 4.12. The maximum absolute atomic E-state index is 12.6. The number of halogens is 1. The normalized spacial score (nSPS) is 20.1. The molecule has 3 rings (SSSR count). The van der Waals surface area contributed by atoms with Gasteiger partial charge >= 0.3 is 0 Å². The van der Waals surface area contributed by atoms with Gasteiger partial charge in [-0.05, 0) is 43.6 Å². The second-order valence-corrected chi connectivity index (χ2v) is 8.08. The molecule has 0 radical (unpaired) electrons. The van der Waals surface area contributed by atoms with Gasteiger partial charge < -0.3 is 16.0 Å². The van der Waals surface area contributed by atoms with Gasteiger partial charge in [-0.3, -0.25) is 9.59 Å². The standard InChI is InChI=1S/C18H27N3O2S.ClH/c19-18(8-1-2-9-18)17(23)21-11-6-14(7-12-21)16(22)20-10-5-15-4-3-13-24-15;/h3-4,13-14H,1-2,5-12,19H2,(H,20,22);1H. The summed E-state index contributed by atoms with van der Waals surface area (Å²) in [4.78, 5) is 28.1. The molecule has 0 atom stereocenters. The quantitative estimate of drug-likeness (QED) is 0.816. The van der Waals surface area contributed by atoms with Crippen molar-refractivity contribution in [3.63, 3.8) is 0 Å². The van der Waals surface area contributed by atoms with Crippen LogP contribution >= 0.6 is 23.7 Å². The Balaban J connectivity index is 0.00000225. The molecule has 2 heterocycles. The van der Waals surface area contributed by atoms with Crippen molar-refractivity contribution >= 4 is 35.6 Å². The topological polar surface area (TPSA) is 75.4 Å². The van der Waals surface area contributed by atoms with Gasteiger partial charge in [-0.25, -0.2) is 0 Å². The van der Waals surface area contributed by atoms with E-state index in [1.807, 2.05) is 11.0 Å². The number of likely N-dealkylation sites (tertiary alicyclic amines) is 1. The Kier molecular flexibility index (Phi) is 7.28. The summed E-state index contributed by atoms with van der Waals surface area (Å²) in [7, 11) is 0. The Morgan fingerprint density at radius 1 is 1.28 bits per heavy atom. The van der Waals surface area contributed by atoms with E-state index in [1.54, 1.807) is 11.3 Å². The summed E-state index contributed by atoms with van der Waals surface area (Å²) in [6.07, 6.45) is 6.07. The molecule has 2 amide bonds. The van der Waals surface area contributed by atoms with Gasteiger partial charge in [0.15, 0.2) is 0 Å². The number of amides is 2. The van der Waals surface area contributed by atoms with Gasteiger partial charge in [-0.15, -0.1) is 23.7 Å². The molecule has 1 aromatic heterocycles. The molecule has 2 fully saturated rings. The number of hydrogen-bond acceptors (Lipinski definition) is 4. The van der Waals surface area contributed by atoms with Gasteiger partial charge in [0.05, 0.1) is 5.54 Å². The third-order valence-electron chi connectivity index (χ3n) is 5.33. The molecule has 0 unspecified atom stereocenters. The Morgan fingerprint density at radius 2 is 1.96 bits per heavy atom. The number of rotatable bonds is 5. The fraction of sp³-hybridized carbons (Fsp3) is 0.667. The van der Waals surface area contributed by atoms with Gasteiger partial charge in [-0.2, -0.15) is 0 Å². The Labute approximate surface area is 159 Å². The minimum Gasteiger partial charge on any atom is -0.355 e. The van der Waals surface area contributed by atoms with Crippen molar-refractivity contribution in [3.8, 4) is 0 Å². The lowest BCUT2D eigenvalue weighted by molar-refractivity contribution is -0.140. The summed E-state index contributed by atoms with van der Waals surface area (Å²) in [6.45, 7) is 1.99. The largest absolute Gasteiger partial charge is 0.355 e. The number of carbonyl (C=O) groups excluding carboxylic acids is 2.